The van der Waals surface area contributed by atoms with Crippen molar-refractivity contribution < 1.29 is 28.6 Å². The van der Waals surface area contributed by atoms with Crippen molar-refractivity contribution in [3.8, 4) is 0 Å². The lowest BCUT2D eigenvalue weighted by Crippen LogP contribution is -2.49. The van der Waals surface area contributed by atoms with Gasteiger partial charge in [-0.25, -0.2) is 8.78 Å². The van der Waals surface area contributed by atoms with E-state index in [1.54, 1.807) is 30.0 Å². The maximum absolute atomic E-state index is 14.1. The predicted molar refractivity (Wildman–Crippen MR) is 171 cm³/mol. The first-order valence-corrected chi connectivity index (χ1v) is 15.9. The Bertz CT molecular complexity index is 1470. The molecular formula is C36H45F2N3O4. The molecule has 1 aliphatic rings. The Balaban J connectivity index is 1.56. The third-order valence-corrected chi connectivity index (χ3v) is 8.33. The quantitative estimate of drug-likeness (QED) is 0.202. The molecule has 0 spiro atoms. The molecule has 9 heteroatoms. The summed E-state index contributed by atoms with van der Waals surface area (Å²) >= 11 is 0. The minimum Gasteiger partial charge on any atom is -0.391 e. The first-order chi connectivity index (χ1) is 21.5. The molecule has 0 unspecified atom stereocenters. The number of nitrogens with zero attached hydrogens (tertiary/aromatic N) is 1. The number of carbonyl (C=O) groups is 2. The molecule has 242 valence electrons. The van der Waals surface area contributed by atoms with Gasteiger partial charge in [-0.15, -0.1) is 0 Å². The smallest absolute Gasteiger partial charge is 0.253 e. The molecule has 0 bridgehead atoms. The molecule has 1 aliphatic carbocycles. The lowest BCUT2D eigenvalue weighted by atomic mass is 9.98. The van der Waals surface area contributed by atoms with Crippen molar-refractivity contribution >= 4 is 11.8 Å². The van der Waals surface area contributed by atoms with Crippen LogP contribution in [-0.2, 0) is 19.3 Å². The van der Waals surface area contributed by atoms with Crippen LogP contribution in [0.4, 0.5) is 8.78 Å². The van der Waals surface area contributed by atoms with Crippen molar-refractivity contribution in [1.82, 2.24) is 15.5 Å². The van der Waals surface area contributed by atoms with E-state index in [1.165, 1.54) is 12.1 Å². The molecule has 0 radical (unpaired) electrons. The van der Waals surface area contributed by atoms with E-state index in [0.29, 0.717) is 25.1 Å². The van der Waals surface area contributed by atoms with E-state index in [1.807, 2.05) is 26.0 Å². The van der Waals surface area contributed by atoms with Crippen molar-refractivity contribution in [3.63, 3.8) is 0 Å². The SMILES string of the molecule is CCCN(CCC)C(=O)c1cc(C)cc(C(=O)N[C@@H](Cc2cc(F)cc(F)c2)[C@H](O)CN[C@@H]2c3cc(CC)ccc3C[C@@H]2O)c1. The number of amides is 2. The summed E-state index contributed by atoms with van der Waals surface area (Å²) in [6.07, 6.45) is 1.03. The molecule has 2 amide bonds. The maximum Gasteiger partial charge on any atom is 0.253 e. The van der Waals surface area contributed by atoms with Gasteiger partial charge in [0, 0.05) is 43.2 Å². The van der Waals surface area contributed by atoms with E-state index >= 15 is 0 Å². The van der Waals surface area contributed by atoms with E-state index < -0.39 is 41.8 Å². The second-order valence-electron chi connectivity index (χ2n) is 12.1. The van der Waals surface area contributed by atoms with Crippen molar-refractivity contribution in [1.29, 1.82) is 0 Å². The van der Waals surface area contributed by atoms with E-state index in [-0.39, 0.29) is 30.0 Å². The summed E-state index contributed by atoms with van der Waals surface area (Å²) in [4.78, 5) is 28.7. The Morgan fingerprint density at radius 2 is 1.60 bits per heavy atom. The van der Waals surface area contributed by atoms with Gasteiger partial charge in [0.2, 0.25) is 0 Å². The van der Waals surface area contributed by atoms with Crippen molar-refractivity contribution in [2.24, 2.45) is 0 Å². The number of rotatable bonds is 14. The summed E-state index contributed by atoms with van der Waals surface area (Å²) in [5.74, 6) is -2.20. The van der Waals surface area contributed by atoms with Crippen LogP contribution in [0.3, 0.4) is 0 Å². The number of carbonyl (C=O) groups excluding carboxylic acids is 2. The van der Waals surface area contributed by atoms with Gasteiger partial charge in [0.15, 0.2) is 0 Å². The van der Waals surface area contributed by atoms with Crippen LogP contribution in [0.15, 0.2) is 54.6 Å². The lowest BCUT2D eigenvalue weighted by Gasteiger charge is -2.27. The van der Waals surface area contributed by atoms with E-state index in [9.17, 15) is 28.6 Å². The number of halogens is 2. The standard InChI is InChI=1S/C36H45F2N3O4/c1-5-10-41(11-6-2)36(45)27-13-22(4)12-26(18-27)35(44)40-31(17-24-14-28(37)20-29(38)15-24)33(43)21-39-34-30-16-23(7-3)8-9-25(30)19-32(34)42/h8-9,12-16,18,20,31-34,39,42-43H,5-7,10-11,17,19,21H2,1-4H3,(H,40,44)/t31-,32-,33+,34+/m0/s1. The normalized spacial score (nSPS) is 17.1. The molecule has 7 nitrogen and oxygen atoms in total. The summed E-state index contributed by atoms with van der Waals surface area (Å²) < 4.78 is 28.2. The van der Waals surface area contributed by atoms with Gasteiger partial charge in [0.25, 0.3) is 11.8 Å². The molecule has 0 aromatic heterocycles. The van der Waals surface area contributed by atoms with Gasteiger partial charge in [-0.3, -0.25) is 9.59 Å². The molecule has 0 saturated carbocycles. The topological polar surface area (TPSA) is 102 Å². The van der Waals surface area contributed by atoms with Gasteiger partial charge in [-0.2, -0.15) is 0 Å². The summed E-state index contributed by atoms with van der Waals surface area (Å²) in [6.45, 7) is 9.08. The monoisotopic (exact) mass is 621 g/mol. The minimum atomic E-state index is -1.18. The largest absolute Gasteiger partial charge is 0.391 e. The number of aliphatic hydroxyl groups excluding tert-OH is 2. The van der Waals surface area contributed by atoms with Gasteiger partial charge >= 0.3 is 0 Å². The van der Waals surface area contributed by atoms with Gasteiger partial charge in [0.05, 0.1) is 24.3 Å². The average Bonchev–Trinajstić information content (AvgIpc) is 3.31. The Morgan fingerprint density at radius 1 is 0.933 bits per heavy atom. The zero-order chi connectivity index (χ0) is 32.7. The first-order valence-electron chi connectivity index (χ1n) is 15.9. The summed E-state index contributed by atoms with van der Waals surface area (Å²) in [6, 6.07) is 12.8. The zero-order valence-electron chi connectivity index (χ0n) is 26.6. The molecule has 0 fully saturated rings. The highest BCUT2D eigenvalue weighted by atomic mass is 19.1. The number of nitrogens with one attached hydrogen (secondary N) is 2. The summed E-state index contributed by atoms with van der Waals surface area (Å²) in [5, 5.41) is 28.3. The Labute approximate surface area is 264 Å². The molecule has 3 aromatic rings. The van der Waals surface area contributed by atoms with Crippen LogP contribution in [0.1, 0.15) is 88.2 Å². The number of aliphatic hydroxyl groups is 2. The summed E-state index contributed by atoms with van der Waals surface area (Å²) in [7, 11) is 0. The molecule has 45 heavy (non-hydrogen) atoms. The van der Waals surface area contributed by atoms with Gasteiger partial charge in [-0.05, 0) is 90.8 Å². The number of benzene rings is 3. The van der Waals surface area contributed by atoms with Crippen LogP contribution >= 0.6 is 0 Å². The molecule has 0 aliphatic heterocycles. The zero-order valence-corrected chi connectivity index (χ0v) is 26.6. The highest BCUT2D eigenvalue weighted by Gasteiger charge is 2.32. The van der Waals surface area contributed by atoms with Crippen LogP contribution in [0, 0.1) is 18.6 Å². The highest BCUT2D eigenvalue weighted by molar-refractivity contribution is 6.00. The fraction of sp³-hybridized carbons (Fsp3) is 0.444. The van der Waals surface area contributed by atoms with Crippen LogP contribution in [0.5, 0.6) is 0 Å². The van der Waals surface area contributed by atoms with Crippen molar-refractivity contribution in [2.45, 2.75) is 84.1 Å². The molecule has 3 aromatic carbocycles. The first kappa shape index (κ1) is 34.2. The maximum atomic E-state index is 14.1. The average molecular weight is 622 g/mol. The van der Waals surface area contributed by atoms with E-state index in [4.69, 9.17) is 0 Å². The number of hydrogen-bond donors (Lipinski definition) is 4. The molecule has 4 atom stereocenters. The van der Waals surface area contributed by atoms with Gasteiger partial charge in [-0.1, -0.05) is 39.0 Å². The third-order valence-electron chi connectivity index (χ3n) is 8.33. The van der Waals surface area contributed by atoms with Crippen LogP contribution in [-0.4, -0.2) is 64.8 Å². The second kappa shape index (κ2) is 15.6. The van der Waals surface area contributed by atoms with Gasteiger partial charge in [0.1, 0.15) is 11.6 Å². The molecule has 0 heterocycles. The Morgan fingerprint density at radius 3 is 2.24 bits per heavy atom. The lowest BCUT2D eigenvalue weighted by molar-refractivity contribution is 0.0755. The number of aryl methyl sites for hydroxylation is 2. The van der Waals surface area contributed by atoms with E-state index in [0.717, 1.165) is 47.6 Å². The number of fused-ring (bicyclic) bond motifs is 1. The summed E-state index contributed by atoms with van der Waals surface area (Å²) in [5.41, 5.74) is 4.78. The minimum absolute atomic E-state index is 0.000806. The van der Waals surface area contributed by atoms with Crippen LogP contribution < -0.4 is 10.6 Å². The van der Waals surface area contributed by atoms with E-state index in [2.05, 4.69) is 23.6 Å². The van der Waals surface area contributed by atoms with Crippen LogP contribution in [0.2, 0.25) is 0 Å². The van der Waals surface area contributed by atoms with Crippen molar-refractivity contribution in [3.05, 3.63) is 105 Å². The highest BCUT2D eigenvalue weighted by Crippen LogP contribution is 2.32. The molecular weight excluding hydrogens is 576 g/mol. The fourth-order valence-corrected chi connectivity index (χ4v) is 6.12. The van der Waals surface area contributed by atoms with Crippen molar-refractivity contribution in [2.75, 3.05) is 19.6 Å². The third kappa shape index (κ3) is 8.75. The fourth-order valence-electron chi connectivity index (χ4n) is 6.12. The van der Waals surface area contributed by atoms with Gasteiger partial charge < -0.3 is 25.7 Å². The molecule has 4 rings (SSSR count). The Hall–Kier alpha value is -3.66. The second-order valence-corrected chi connectivity index (χ2v) is 12.1. The molecule has 0 saturated heterocycles. The Kier molecular flexibility index (Phi) is 11.8. The predicted octanol–water partition coefficient (Wildman–Crippen LogP) is 5.05. The van der Waals surface area contributed by atoms with Crippen LogP contribution in [0.25, 0.3) is 0 Å². The number of hydrogen-bond acceptors (Lipinski definition) is 5. The molecule has 4 N–H and O–H groups in total.